The second-order valence-electron chi connectivity index (χ2n) is 2.58. The number of Topliss-reactive ketones (excluding diaryl/α,β-unsaturated/α-hetero) is 1. The number of carbonyl (C=O) groups excluding carboxylic acids is 1. The fourth-order valence-electron chi connectivity index (χ4n) is 0.996. The zero-order valence-corrected chi connectivity index (χ0v) is 9.25. The van der Waals surface area contributed by atoms with E-state index < -0.39 is 0 Å². The SMILES string of the molecule is C[CH]c1ccc(C(C)=O)c(I)c1. The average molecular weight is 273 g/mol. The highest BCUT2D eigenvalue weighted by Crippen LogP contribution is 2.15. The number of benzene rings is 1. The molecule has 63 valence electrons. The summed E-state index contributed by atoms with van der Waals surface area (Å²) in [6.45, 7) is 3.58. The third kappa shape index (κ3) is 2.06. The number of hydrogen-bond acceptors (Lipinski definition) is 1. The summed E-state index contributed by atoms with van der Waals surface area (Å²) >= 11 is 2.18. The van der Waals surface area contributed by atoms with Gasteiger partial charge in [-0.05, 0) is 47.6 Å². The predicted octanol–water partition coefficient (Wildman–Crippen LogP) is 3.07. The van der Waals surface area contributed by atoms with E-state index in [-0.39, 0.29) is 5.78 Å². The standard InChI is InChI=1S/C10H10IO/c1-3-8-4-5-9(7(2)12)10(11)6-8/h3-6H,1-2H3. The Morgan fingerprint density at radius 2 is 2.17 bits per heavy atom. The Balaban J connectivity index is 3.12. The molecule has 0 bridgehead atoms. The van der Waals surface area contributed by atoms with Gasteiger partial charge in [0.1, 0.15) is 0 Å². The fourth-order valence-corrected chi connectivity index (χ4v) is 1.92. The molecule has 1 radical (unpaired) electrons. The highest BCUT2D eigenvalue weighted by Gasteiger charge is 2.04. The Bertz CT molecular complexity index is 305. The van der Waals surface area contributed by atoms with E-state index >= 15 is 0 Å². The van der Waals surface area contributed by atoms with E-state index in [0.717, 1.165) is 14.7 Å². The van der Waals surface area contributed by atoms with Crippen LogP contribution in [0.1, 0.15) is 29.8 Å². The first kappa shape index (κ1) is 9.71. The van der Waals surface area contributed by atoms with Gasteiger partial charge >= 0.3 is 0 Å². The van der Waals surface area contributed by atoms with Gasteiger partial charge in [-0.3, -0.25) is 4.79 Å². The summed E-state index contributed by atoms with van der Waals surface area (Å²) in [5.41, 5.74) is 1.96. The van der Waals surface area contributed by atoms with Gasteiger partial charge in [-0.1, -0.05) is 19.1 Å². The summed E-state index contributed by atoms with van der Waals surface area (Å²) in [5.74, 6) is 0.127. The van der Waals surface area contributed by atoms with Gasteiger partial charge in [0.25, 0.3) is 0 Å². The molecular formula is C10H10IO. The molecule has 0 heterocycles. The van der Waals surface area contributed by atoms with Crippen molar-refractivity contribution < 1.29 is 4.79 Å². The van der Waals surface area contributed by atoms with Gasteiger partial charge in [0.05, 0.1) is 0 Å². The third-order valence-corrected chi connectivity index (χ3v) is 2.60. The van der Waals surface area contributed by atoms with Gasteiger partial charge < -0.3 is 0 Å². The van der Waals surface area contributed by atoms with Gasteiger partial charge in [-0.15, -0.1) is 0 Å². The van der Waals surface area contributed by atoms with Crippen LogP contribution in [0.25, 0.3) is 0 Å². The Kier molecular flexibility index (Phi) is 3.26. The maximum Gasteiger partial charge on any atom is 0.160 e. The number of halogens is 1. The van der Waals surface area contributed by atoms with E-state index in [1.807, 2.05) is 31.5 Å². The Labute approximate surface area is 86.3 Å². The van der Waals surface area contributed by atoms with Crippen LogP contribution in [-0.2, 0) is 0 Å². The molecule has 1 rings (SSSR count). The first-order valence-electron chi connectivity index (χ1n) is 3.75. The molecule has 0 amide bonds. The predicted molar refractivity (Wildman–Crippen MR) is 58.2 cm³/mol. The largest absolute Gasteiger partial charge is 0.294 e. The highest BCUT2D eigenvalue weighted by molar-refractivity contribution is 14.1. The van der Waals surface area contributed by atoms with Crippen molar-refractivity contribution in [1.82, 2.24) is 0 Å². The number of rotatable bonds is 2. The molecule has 0 aliphatic carbocycles. The van der Waals surface area contributed by atoms with Gasteiger partial charge in [0, 0.05) is 9.13 Å². The van der Waals surface area contributed by atoms with Gasteiger partial charge in [0.15, 0.2) is 5.78 Å². The van der Waals surface area contributed by atoms with Crippen molar-refractivity contribution in [3.8, 4) is 0 Å². The normalized spacial score (nSPS) is 9.92. The lowest BCUT2D eigenvalue weighted by Crippen LogP contribution is -1.96. The summed E-state index contributed by atoms with van der Waals surface area (Å²) in [4.78, 5) is 11.1. The van der Waals surface area contributed by atoms with Crippen molar-refractivity contribution in [2.45, 2.75) is 13.8 Å². The topological polar surface area (TPSA) is 17.1 Å². The Morgan fingerprint density at radius 1 is 1.50 bits per heavy atom. The van der Waals surface area contributed by atoms with E-state index in [0.29, 0.717) is 0 Å². The van der Waals surface area contributed by atoms with Crippen molar-refractivity contribution >= 4 is 28.4 Å². The first-order valence-corrected chi connectivity index (χ1v) is 4.83. The second-order valence-corrected chi connectivity index (χ2v) is 3.75. The molecule has 0 saturated heterocycles. The molecule has 0 atom stereocenters. The van der Waals surface area contributed by atoms with Crippen molar-refractivity contribution in [3.05, 3.63) is 39.3 Å². The summed E-state index contributed by atoms with van der Waals surface area (Å²) in [7, 11) is 0. The molecule has 2 heteroatoms. The quantitative estimate of drug-likeness (QED) is 0.598. The van der Waals surface area contributed by atoms with Crippen LogP contribution in [0.5, 0.6) is 0 Å². The fraction of sp³-hybridized carbons (Fsp3) is 0.200. The van der Waals surface area contributed by atoms with Crippen LogP contribution in [0.2, 0.25) is 0 Å². The molecule has 1 aromatic rings. The number of carbonyl (C=O) groups is 1. The van der Waals surface area contributed by atoms with Crippen LogP contribution in [0.15, 0.2) is 18.2 Å². The minimum atomic E-state index is 0.127. The number of ketones is 1. The van der Waals surface area contributed by atoms with Crippen LogP contribution in [0.3, 0.4) is 0 Å². The molecule has 0 aliphatic heterocycles. The molecule has 1 nitrogen and oxygen atoms in total. The van der Waals surface area contributed by atoms with Crippen LogP contribution in [0, 0.1) is 9.99 Å². The van der Waals surface area contributed by atoms with E-state index in [1.54, 1.807) is 6.92 Å². The summed E-state index contributed by atoms with van der Waals surface area (Å²) in [6, 6.07) is 5.84. The number of hydrogen-bond donors (Lipinski definition) is 0. The Hall–Kier alpha value is -0.380. The molecule has 0 N–H and O–H groups in total. The Morgan fingerprint density at radius 3 is 2.58 bits per heavy atom. The van der Waals surface area contributed by atoms with Crippen LogP contribution in [0.4, 0.5) is 0 Å². The first-order chi connectivity index (χ1) is 5.65. The summed E-state index contributed by atoms with van der Waals surface area (Å²) in [5, 5.41) is 0. The molecule has 12 heavy (non-hydrogen) atoms. The molecule has 0 aliphatic rings. The van der Waals surface area contributed by atoms with Gasteiger partial charge in [-0.25, -0.2) is 0 Å². The smallest absolute Gasteiger partial charge is 0.160 e. The average Bonchev–Trinajstić information content (AvgIpc) is 2.03. The second kappa shape index (κ2) is 4.03. The van der Waals surface area contributed by atoms with Crippen molar-refractivity contribution in [2.24, 2.45) is 0 Å². The lowest BCUT2D eigenvalue weighted by molar-refractivity contribution is 0.101. The maximum atomic E-state index is 11.1. The monoisotopic (exact) mass is 273 g/mol. The van der Waals surface area contributed by atoms with Crippen LogP contribution < -0.4 is 0 Å². The van der Waals surface area contributed by atoms with Crippen LogP contribution >= 0.6 is 22.6 Å². The minimum Gasteiger partial charge on any atom is -0.294 e. The molecule has 1 aromatic carbocycles. The molecule has 0 spiro atoms. The van der Waals surface area contributed by atoms with Crippen molar-refractivity contribution in [1.29, 1.82) is 0 Å². The summed E-state index contributed by atoms with van der Waals surface area (Å²) < 4.78 is 1.02. The lowest BCUT2D eigenvalue weighted by Gasteiger charge is -2.01. The lowest BCUT2D eigenvalue weighted by atomic mass is 10.1. The third-order valence-electron chi connectivity index (χ3n) is 1.71. The minimum absolute atomic E-state index is 0.127. The van der Waals surface area contributed by atoms with Crippen molar-refractivity contribution in [2.75, 3.05) is 0 Å². The summed E-state index contributed by atoms with van der Waals surface area (Å²) in [6.07, 6.45) is 2.02. The van der Waals surface area contributed by atoms with Gasteiger partial charge in [-0.2, -0.15) is 0 Å². The zero-order chi connectivity index (χ0) is 9.14. The highest BCUT2D eigenvalue weighted by atomic mass is 127. The molecular weight excluding hydrogens is 263 g/mol. The maximum absolute atomic E-state index is 11.1. The van der Waals surface area contributed by atoms with E-state index in [4.69, 9.17) is 0 Å². The molecule has 0 unspecified atom stereocenters. The van der Waals surface area contributed by atoms with E-state index in [1.165, 1.54) is 0 Å². The van der Waals surface area contributed by atoms with Crippen LogP contribution in [-0.4, -0.2) is 5.78 Å². The van der Waals surface area contributed by atoms with Gasteiger partial charge in [0.2, 0.25) is 0 Å². The molecule has 0 fully saturated rings. The van der Waals surface area contributed by atoms with E-state index in [9.17, 15) is 4.79 Å². The van der Waals surface area contributed by atoms with E-state index in [2.05, 4.69) is 22.6 Å². The molecule has 0 saturated carbocycles. The zero-order valence-electron chi connectivity index (χ0n) is 7.10. The van der Waals surface area contributed by atoms with Crippen molar-refractivity contribution in [3.63, 3.8) is 0 Å². The molecule has 0 aromatic heterocycles.